The van der Waals surface area contributed by atoms with Gasteiger partial charge in [-0.05, 0) is 35.4 Å². The quantitative estimate of drug-likeness (QED) is 0.739. The fourth-order valence-corrected chi connectivity index (χ4v) is 3.38. The van der Waals surface area contributed by atoms with Gasteiger partial charge in [-0.2, -0.15) is 0 Å². The van der Waals surface area contributed by atoms with Gasteiger partial charge in [-0.3, -0.25) is 4.72 Å². The number of rotatable bonds is 4. The summed E-state index contributed by atoms with van der Waals surface area (Å²) in [4.78, 5) is 0.180. The first-order valence-electron chi connectivity index (χ1n) is 6.69. The second-order valence-corrected chi connectivity index (χ2v) is 7.48. The molecule has 0 fully saturated rings. The van der Waals surface area contributed by atoms with Crippen LogP contribution in [-0.2, 0) is 17.1 Å². The van der Waals surface area contributed by atoms with Crippen molar-refractivity contribution >= 4 is 31.8 Å². The number of benzene rings is 2. The summed E-state index contributed by atoms with van der Waals surface area (Å²) in [7, 11) is -2.06. The summed E-state index contributed by atoms with van der Waals surface area (Å²) in [5, 5.41) is 7.33. The largest absolute Gasteiger partial charge is 0.263 e. The monoisotopic (exact) mass is 392 g/mol. The second-order valence-electron chi connectivity index (χ2n) is 4.88. The SMILES string of the molecule is Cn1nncc1NS(=O)(=O)c1ccc(-c2ccc(Br)cc2)cc1. The molecule has 0 unspecified atom stereocenters. The highest BCUT2D eigenvalue weighted by atomic mass is 79.9. The van der Waals surface area contributed by atoms with Gasteiger partial charge in [-0.25, -0.2) is 13.1 Å². The van der Waals surface area contributed by atoms with Crippen LogP contribution in [0.5, 0.6) is 0 Å². The molecule has 0 radical (unpaired) electrons. The van der Waals surface area contributed by atoms with Crippen molar-refractivity contribution in [3.05, 3.63) is 59.2 Å². The van der Waals surface area contributed by atoms with Crippen LogP contribution in [0.2, 0.25) is 0 Å². The number of sulfonamides is 1. The Morgan fingerprint density at radius 1 is 1.00 bits per heavy atom. The summed E-state index contributed by atoms with van der Waals surface area (Å²) in [5.74, 6) is 0.307. The second kappa shape index (κ2) is 6.13. The van der Waals surface area contributed by atoms with Crippen LogP contribution in [0.15, 0.2) is 64.1 Å². The fraction of sp³-hybridized carbons (Fsp3) is 0.0667. The fourth-order valence-electron chi connectivity index (χ4n) is 2.05. The molecule has 3 rings (SSSR count). The number of halogens is 1. The lowest BCUT2D eigenvalue weighted by Gasteiger charge is -2.08. The zero-order valence-electron chi connectivity index (χ0n) is 12.1. The van der Waals surface area contributed by atoms with E-state index >= 15 is 0 Å². The van der Waals surface area contributed by atoms with Crippen molar-refractivity contribution in [1.29, 1.82) is 0 Å². The lowest BCUT2D eigenvalue weighted by molar-refractivity contribution is 0.600. The van der Waals surface area contributed by atoms with E-state index in [0.717, 1.165) is 15.6 Å². The van der Waals surface area contributed by atoms with Gasteiger partial charge in [0.2, 0.25) is 0 Å². The van der Waals surface area contributed by atoms with Crippen molar-refractivity contribution < 1.29 is 8.42 Å². The topological polar surface area (TPSA) is 76.9 Å². The minimum Gasteiger partial charge on any atom is -0.262 e. The molecule has 0 spiro atoms. The molecule has 0 saturated heterocycles. The number of anilines is 1. The van der Waals surface area contributed by atoms with Crippen LogP contribution in [0, 0.1) is 0 Å². The third-order valence-electron chi connectivity index (χ3n) is 3.30. The first-order valence-corrected chi connectivity index (χ1v) is 8.97. The summed E-state index contributed by atoms with van der Waals surface area (Å²) >= 11 is 3.39. The van der Waals surface area contributed by atoms with Gasteiger partial charge in [0.25, 0.3) is 10.0 Å². The zero-order chi connectivity index (χ0) is 16.4. The molecule has 0 atom stereocenters. The third-order valence-corrected chi connectivity index (χ3v) is 5.19. The van der Waals surface area contributed by atoms with Gasteiger partial charge < -0.3 is 0 Å². The Hall–Kier alpha value is -2.19. The van der Waals surface area contributed by atoms with E-state index in [1.54, 1.807) is 31.3 Å². The third kappa shape index (κ3) is 3.43. The standard InChI is InChI=1S/C15H13BrN4O2S/c1-20-15(10-17-19-20)18-23(21,22)14-8-4-12(5-9-14)11-2-6-13(16)7-3-11/h2-10,18H,1H3. The predicted molar refractivity (Wildman–Crippen MR) is 91.4 cm³/mol. The summed E-state index contributed by atoms with van der Waals surface area (Å²) in [6, 6.07) is 14.5. The molecule has 1 N–H and O–H groups in total. The van der Waals surface area contributed by atoms with E-state index in [-0.39, 0.29) is 4.90 Å². The van der Waals surface area contributed by atoms with Crippen LogP contribution < -0.4 is 4.72 Å². The van der Waals surface area contributed by atoms with Crippen molar-refractivity contribution in [3.63, 3.8) is 0 Å². The van der Waals surface area contributed by atoms with Crippen LogP contribution in [0.1, 0.15) is 0 Å². The van der Waals surface area contributed by atoms with Gasteiger partial charge >= 0.3 is 0 Å². The molecule has 0 bridgehead atoms. The number of aryl methyl sites for hydroxylation is 1. The molecule has 8 heteroatoms. The Bertz CT molecular complexity index is 919. The predicted octanol–water partition coefficient (Wildman–Crippen LogP) is 3.05. The van der Waals surface area contributed by atoms with Crippen molar-refractivity contribution in [3.8, 4) is 11.1 Å². The Morgan fingerprint density at radius 3 is 2.09 bits per heavy atom. The molecule has 0 saturated carbocycles. The van der Waals surface area contributed by atoms with Gasteiger partial charge in [0.15, 0.2) is 5.82 Å². The van der Waals surface area contributed by atoms with Gasteiger partial charge in [0.1, 0.15) is 0 Å². The van der Waals surface area contributed by atoms with Crippen molar-refractivity contribution in [1.82, 2.24) is 15.0 Å². The van der Waals surface area contributed by atoms with E-state index in [4.69, 9.17) is 0 Å². The first-order chi connectivity index (χ1) is 11.0. The van der Waals surface area contributed by atoms with Gasteiger partial charge in [0, 0.05) is 11.5 Å². The maximum atomic E-state index is 12.4. The van der Waals surface area contributed by atoms with E-state index in [2.05, 4.69) is 31.0 Å². The molecule has 6 nitrogen and oxygen atoms in total. The van der Waals surface area contributed by atoms with Crippen LogP contribution in [0.25, 0.3) is 11.1 Å². The van der Waals surface area contributed by atoms with Crippen molar-refractivity contribution in [2.75, 3.05) is 4.72 Å². The van der Waals surface area contributed by atoms with Crippen LogP contribution >= 0.6 is 15.9 Å². The summed E-state index contributed by atoms with van der Waals surface area (Å²) < 4.78 is 29.5. The van der Waals surface area contributed by atoms with Crippen LogP contribution in [0.4, 0.5) is 5.82 Å². The molecule has 0 aliphatic carbocycles. The van der Waals surface area contributed by atoms with E-state index in [1.165, 1.54) is 10.9 Å². The average molecular weight is 393 g/mol. The minimum atomic E-state index is -3.67. The molecule has 1 heterocycles. The van der Waals surface area contributed by atoms with E-state index in [1.807, 2.05) is 24.3 Å². The zero-order valence-corrected chi connectivity index (χ0v) is 14.5. The number of hydrogen-bond donors (Lipinski definition) is 1. The van der Waals surface area contributed by atoms with Crippen LogP contribution in [-0.4, -0.2) is 23.4 Å². The smallest absolute Gasteiger partial charge is 0.262 e. The average Bonchev–Trinajstić information content (AvgIpc) is 2.93. The summed E-state index contributed by atoms with van der Waals surface area (Å²) in [6.45, 7) is 0. The molecule has 23 heavy (non-hydrogen) atoms. The molecular weight excluding hydrogens is 380 g/mol. The van der Waals surface area contributed by atoms with Crippen molar-refractivity contribution in [2.45, 2.75) is 4.90 Å². The molecule has 2 aromatic carbocycles. The molecule has 118 valence electrons. The lowest BCUT2D eigenvalue weighted by Crippen LogP contribution is -2.15. The normalized spacial score (nSPS) is 11.4. The highest BCUT2D eigenvalue weighted by molar-refractivity contribution is 9.10. The summed E-state index contributed by atoms with van der Waals surface area (Å²) in [5.41, 5.74) is 1.96. The molecule has 1 aromatic heterocycles. The maximum Gasteiger partial charge on any atom is 0.263 e. The number of nitrogens with one attached hydrogen (secondary N) is 1. The Kier molecular flexibility index (Phi) is 4.18. The summed E-state index contributed by atoms with van der Waals surface area (Å²) in [6.07, 6.45) is 1.35. The number of aromatic nitrogens is 3. The van der Waals surface area contributed by atoms with E-state index < -0.39 is 10.0 Å². The lowest BCUT2D eigenvalue weighted by atomic mass is 10.1. The van der Waals surface area contributed by atoms with Gasteiger partial charge in [0.05, 0.1) is 11.1 Å². The molecule has 3 aromatic rings. The van der Waals surface area contributed by atoms with Crippen molar-refractivity contribution in [2.24, 2.45) is 7.05 Å². The number of hydrogen-bond acceptors (Lipinski definition) is 4. The Balaban J connectivity index is 1.86. The van der Waals surface area contributed by atoms with E-state index in [9.17, 15) is 8.42 Å². The molecule has 0 aliphatic heterocycles. The molecular formula is C15H13BrN4O2S. The minimum absolute atomic E-state index is 0.180. The number of nitrogens with zero attached hydrogens (tertiary/aromatic N) is 3. The Labute approximate surface area is 142 Å². The van der Waals surface area contributed by atoms with Crippen LogP contribution in [0.3, 0.4) is 0 Å². The maximum absolute atomic E-state index is 12.4. The van der Waals surface area contributed by atoms with Gasteiger partial charge in [-0.15, -0.1) is 5.10 Å². The van der Waals surface area contributed by atoms with E-state index in [0.29, 0.717) is 5.82 Å². The van der Waals surface area contributed by atoms with Gasteiger partial charge in [-0.1, -0.05) is 45.4 Å². The molecule has 0 aliphatic rings. The first kappa shape index (κ1) is 15.7. The highest BCUT2D eigenvalue weighted by Crippen LogP contribution is 2.24. The molecule has 0 amide bonds. The highest BCUT2D eigenvalue weighted by Gasteiger charge is 2.16. The Morgan fingerprint density at radius 2 is 1.57 bits per heavy atom.